The van der Waals surface area contributed by atoms with Crippen molar-refractivity contribution in [2.45, 2.75) is 20.8 Å². The molecule has 1 aromatic rings. The van der Waals surface area contributed by atoms with Crippen molar-refractivity contribution in [3.8, 4) is 0 Å². The highest BCUT2D eigenvalue weighted by Gasteiger charge is 2.24. The van der Waals surface area contributed by atoms with Crippen molar-refractivity contribution >= 4 is 45.4 Å². The van der Waals surface area contributed by atoms with Crippen molar-refractivity contribution < 1.29 is 14.3 Å². The molecule has 21 heavy (non-hydrogen) atoms. The fraction of sp³-hybridized carbons (Fsp3) is 0.357. The van der Waals surface area contributed by atoms with Gasteiger partial charge in [-0.25, -0.2) is 4.79 Å². The molecule has 0 bridgehead atoms. The van der Waals surface area contributed by atoms with Crippen LogP contribution in [0.2, 0.25) is 0 Å². The Kier molecular flexibility index (Phi) is 6.51. The number of thiophene rings is 1. The highest BCUT2D eigenvalue weighted by Crippen LogP contribution is 2.34. The van der Waals surface area contributed by atoms with Crippen LogP contribution in [0.15, 0.2) is 12.7 Å². The fourth-order valence-corrected chi connectivity index (χ4v) is 3.04. The van der Waals surface area contributed by atoms with Gasteiger partial charge in [-0.3, -0.25) is 4.79 Å². The van der Waals surface area contributed by atoms with Gasteiger partial charge in [0.05, 0.1) is 17.0 Å². The second-order valence-electron chi connectivity index (χ2n) is 4.16. The predicted molar refractivity (Wildman–Crippen MR) is 89.4 cm³/mol. The van der Waals surface area contributed by atoms with E-state index in [1.54, 1.807) is 19.9 Å². The van der Waals surface area contributed by atoms with E-state index in [2.05, 4.69) is 17.2 Å². The molecule has 1 heterocycles. The van der Waals surface area contributed by atoms with Crippen LogP contribution in [0.5, 0.6) is 0 Å². The summed E-state index contributed by atoms with van der Waals surface area (Å²) in [5.74, 6) is -0.561. The van der Waals surface area contributed by atoms with Crippen LogP contribution in [0.3, 0.4) is 0 Å². The minimum absolute atomic E-state index is 0.0962. The van der Waals surface area contributed by atoms with Crippen molar-refractivity contribution in [2.75, 3.05) is 18.5 Å². The molecule has 2 N–H and O–H groups in total. The molecule has 0 saturated carbocycles. The van der Waals surface area contributed by atoms with Crippen LogP contribution in [0.1, 0.15) is 39.4 Å². The van der Waals surface area contributed by atoms with Crippen LogP contribution in [-0.4, -0.2) is 30.0 Å². The molecular weight excluding hydrogens is 308 g/mol. The van der Waals surface area contributed by atoms with Gasteiger partial charge in [0.15, 0.2) is 10.9 Å². The van der Waals surface area contributed by atoms with Gasteiger partial charge in [-0.2, -0.15) is 0 Å². The minimum atomic E-state index is -0.465. The van der Waals surface area contributed by atoms with Gasteiger partial charge in [-0.15, -0.1) is 17.9 Å². The Labute approximate surface area is 133 Å². The fourth-order valence-electron chi connectivity index (χ4n) is 1.70. The molecule has 5 nitrogen and oxygen atoms in total. The molecule has 0 aliphatic heterocycles. The molecule has 0 aromatic carbocycles. The zero-order chi connectivity index (χ0) is 16.0. The standard InChI is InChI=1S/C14H18N2O3S2/c1-5-7-15-14(20)16-12-10(13(18)19-6-2)8(3)11(21-12)9(4)17/h5H,1,6-7H2,2-4H3,(H2,15,16,20). The quantitative estimate of drug-likeness (QED) is 0.363. The topological polar surface area (TPSA) is 67.4 Å². The van der Waals surface area contributed by atoms with E-state index in [1.165, 1.54) is 18.3 Å². The molecule has 7 heteroatoms. The lowest BCUT2D eigenvalue weighted by molar-refractivity contribution is 0.0527. The molecule has 0 fully saturated rings. The third-order valence-electron chi connectivity index (χ3n) is 2.58. The number of thiocarbonyl (C=S) groups is 1. The first kappa shape index (κ1) is 17.3. The number of hydrogen-bond donors (Lipinski definition) is 2. The molecular formula is C14H18N2O3S2. The van der Waals surface area contributed by atoms with E-state index in [9.17, 15) is 9.59 Å². The Hall–Kier alpha value is -1.73. The second kappa shape index (κ2) is 7.90. The third-order valence-corrected chi connectivity index (χ3v) is 4.13. The lowest BCUT2D eigenvalue weighted by atomic mass is 10.1. The van der Waals surface area contributed by atoms with Gasteiger partial charge in [0.1, 0.15) is 5.00 Å². The molecule has 1 rings (SSSR count). The first-order valence-corrected chi connectivity index (χ1v) is 7.62. The maximum absolute atomic E-state index is 12.1. The molecule has 0 saturated heterocycles. The van der Waals surface area contributed by atoms with Gasteiger partial charge in [0.2, 0.25) is 0 Å². The summed E-state index contributed by atoms with van der Waals surface area (Å²) < 4.78 is 5.04. The third kappa shape index (κ3) is 4.37. The summed E-state index contributed by atoms with van der Waals surface area (Å²) in [5.41, 5.74) is 0.967. The van der Waals surface area contributed by atoms with Gasteiger partial charge in [0.25, 0.3) is 0 Å². The Morgan fingerprint density at radius 1 is 1.48 bits per heavy atom. The monoisotopic (exact) mass is 326 g/mol. The van der Waals surface area contributed by atoms with E-state index in [-0.39, 0.29) is 12.4 Å². The number of rotatable bonds is 6. The van der Waals surface area contributed by atoms with Crippen LogP contribution < -0.4 is 10.6 Å². The van der Waals surface area contributed by atoms with Crippen LogP contribution in [-0.2, 0) is 4.74 Å². The first-order valence-electron chi connectivity index (χ1n) is 6.39. The molecule has 0 unspecified atom stereocenters. The van der Waals surface area contributed by atoms with Gasteiger partial charge in [-0.05, 0) is 38.6 Å². The molecule has 0 aliphatic rings. The summed E-state index contributed by atoms with van der Waals surface area (Å²) in [5, 5.41) is 6.72. The molecule has 0 amide bonds. The number of esters is 1. The Morgan fingerprint density at radius 2 is 2.14 bits per heavy atom. The Morgan fingerprint density at radius 3 is 2.67 bits per heavy atom. The average molecular weight is 326 g/mol. The van der Waals surface area contributed by atoms with Crippen molar-refractivity contribution in [1.82, 2.24) is 5.32 Å². The van der Waals surface area contributed by atoms with Crippen molar-refractivity contribution in [2.24, 2.45) is 0 Å². The van der Waals surface area contributed by atoms with Crippen LogP contribution in [0.25, 0.3) is 0 Å². The van der Waals surface area contributed by atoms with Crippen molar-refractivity contribution in [3.05, 3.63) is 28.7 Å². The number of hydrogen-bond acceptors (Lipinski definition) is 5. The normalized spacial score (nSPS) is 9.86. The smallest absolute Gasteiger partial charge is 0.341 e. The van der Waals surface area contributed by atoms with E-state index in [4.69, 9.17) is 17.0 Å². The Balaban J connectivity index is 3.13. The highest BCUT2D eigenvalue weighted by molar-refractivity contribution is 7.80. The summed E-state index contributed by atoms with van der Waals surface area (Å²) >= 11 is 6.33. The summed E-state index contributed by atoms with van der Waals surface area (Å²) in [6, 6.07) is 0. The van der Waals surface area contributed by atoms with Crippen molar-refractivity contribution in [1.29, 1.82) is 0 Å². The molecule has 0 aliphatic carbocycles. The number of carbonyl (C=O) groups excluding carboxylic acids is 2. The summed E-state index contributed by atoms with van der Waals surface area (Å²) in [6.07, 6.45) is 1.67. The minimum Gasteiger partial charge on any atom is -0.462 e. The van der Waals surface area contributed by atoms with Crippen molar-refractivity contribution in [3.63, 3.8) is 0 Å². The summed E-state index contributed by atoms with van der Waals surface area (Å²) in [6.45, 7) is 9.28. The zero-order valence-electron chi connectivity index (χ0n) is 12.2. The van der Waals surface area contributed by atoms with E-state index < -0.39 is 5.97 Å². The number of carbonyl (C=O) groups is 2. The van der Waals surface area contributed by atoms with Crippen LogP contribution in [0.4, 0.5) is 5.00 Å². The van der Waals surface area contributed by atoms with Gasteiger partial charge in [0, 0.05) is 6.54 Å². The molecule has 114 valence electrons. The summed E-state index contributed by atoms with van der Waals surface area (Å²) in [4.78, 5) is 24.2. The van der Waals surface area contributed by atoms with E-state index in [0.29, 0.717) is 32.7 Å². The lowest BCUT2D eigenvalue weighted by Gasteiger charge is -2.09. The predicted octanol–water partition coefficient (Wildman–Crippen LogP) is 2.91. The number of ketones is 1. The average Bonchev–Trinajstić information content (AvgIpc) is 2.73. The first-order chi connectivity index (χ1) is 9.92. The molecule has 0 atom stereocenters. The van der Waals surface area contributed by atoms with Crippen LogP contribution in [0, 0.1) is 6.92 Å². The number of ether oxygens (including phenoxy) is 1. The maximum Gasteiger partial charge on any atom is 0.341 e. The largest absolute Gasteiger partial charge is 0.462 e. The van der Waals surface area contributed by atoms with E-state index >= 15 is 0 Å². The highest BCUT2D eigenvalue weighted by atomic mass is 32.1. The van der Waals surface area contributed by atoms with Gasteiger partial charge in [-0.1, -0.05) is 6.08 Å². The molecule has 0 spiro atoms. The SMILES string of the molecule is C=CCNC(=S)Nc1sc(C(C)=O)c(C)c1C(=O)OCC. The maximum atomic E-state index is 12.1. The zero-order valence-corrected chi connectivity index (χ0v) is 13.9. The Bertz CT molecular complexity index is 579. The van der Waals surface area contributed by atoms with Crippen LogP contribution >= 0.6 is 23.6 Å². The summed E-state index contributed by atoms with van der Waals surface area (Å²) in [7, 11) is 0. The number of Topliss-reactive ketones (excluding diaryl/α,β-unsaturated/α-hetero) is 1. The van der Waals surface area contributed by atoms with E-state index in [0.717, 1.165) is 0 Å². The lowest BCUT2D eigenvalue weighted by Crippen LogP contribution is -2.28. The van der Waals surface area contributed by atoms with Gasteiger partial charge < -0.3 is 15.4 Å². The number of anilines is 1. The van der Waals surface area contributed by atoms with E-state index in [1.807, 2.05) is 0 Å². The second-order valence-corrected chi connectivity index (χ2v) is 5.59. The van der Waals surface area contributed by atoms with Gasteiger partial charge >= 0.3 is 5.97 Å². The molecule has 0 radical (unpaired) electrons. The molecule has 1 aromatic heterocycles. The number of nitrogens with one attached hydrogen (secondary N) is 2.